The minimum atomic E-state index is -1.23. The van der Waals surface area contributed by atoms with E-state index in [1.165, 1.54) is 32.1 Å². The van der Waals surface area contributed by atoms with Gasteiger partial charge in [-0.3, -0.25) is 4.68 Å². The van der Waals surface area contributed by atoms with Gasteiger partial charge in [-0.15, -0.1) is 0 Å². The van der Waals surface area contributed by atoms with Gasteiger partial charge in [-0.1, -0.05) is 19.3 Å². The Morgan fingerprint density at radius 1 is 1.26 bits per heavy atom. The second-order valence-electron chi connectivity index (χ2n) is 6.27. The van der Waals surface area contributed by atoms with Crippen molar-refractivity contribution in [2.45, 2.75) is 63.1 Å². The molecule has 1 atom stereocenters. The van der Waals surface area contributed by atoms with Crippen molar-refractivity contribution in [3.63, 3.8) is 0 Å². The molecule has 1 aromatic rings. The molecule has 0 amide bonds. The van der Waals surface area contributed by atoms with Crippen molar-refractivity contribution < 1.29 is 4.39 Å². The Labute approximate surface area is 114 Å². The highest BCUT2D eigenvalue weighted by Crippen LogP contribution is 2.43. The summed E-state index contributed by atoms with van der Waals surface area (Å²) in [6.45, 7) is 0.119. The molecular weight excluding hydrogens is 241 g/mol. The van der Waals surface area contributed by atoms with Gasteiger partial charge in [-0.25, -0.2) is 4.39 Å². The molecule has 0 bridgehead atoms. The van der Waals surface area contributed by atoms with E-state index >= 15 is 0 Å². The van der Waals surface area contributed by atoms with Crippen LogP contribution in [0.4, 0.5) is 4.39 Å². The second kappa shape index (κ2) is 5.23. The highest BCUT2D eigenvalue weighted by molar-refractivity contribution is 5.09. The van der Waals surface area contributed by atoms with Crippen molar-refractivity contribution in [3.05, 3.63) is 18.0 Å². The van der Waals surface area contributed by atoms with Crippen LogP contribution in [0.15, 0.2) is 12.3 Å². The van der Waals surface area contributed by atoms with Crippen LogP contribution >= 0.6 is 0 Å². The third-order valence-electron chi connectivity index (χ3n) is 4.74. The summed E-state index contributed by atoms with van der Waals surface area (Å²) >= 11 is 0. The number of aromatic nitrogens is 2. The average molecular weight is 265 g/mol. The number of rotatable bonds is 5. The molecule has 2 fully saturated rings. The molecule has 2 aliphatic rings. The lowest BCUT2D eigenvalue weighted by Crippen LogP contribution is -2.37. The summed E-state index contributed by atoms with van der Waals surface area (Å²) in [5.74, 6) is 0.164. The Morgan fingerprint density at radius 2 is 2.00 bits per heavy atom. The zero-order valence-corrected chi connectivity index (χ0v) is 11.5. The van der Waals surface area contributed by atoms with Gasteiger partial charge in [0.2, 0.25) is 0 Å². The third kappa shape index (κ3) is 2.83. The zero-order valence-electron chi connectivity index (χ0n) is 11.5. The quantitative estimate of drug-likeness (QED) is 0.889. The standard InChI is InChI=1S/C15H24FN3/c16-15(11-17,12-6-7-12)10-13-8-9-19(18-13)14-4-2-1-3-5-14/h8-9,12,14H,1-7,10-11,17H2. The molecule has 0 aromatic carbocycles. The van der Waals surface area contributed by atoms with Gasteiger partial charge < -0.3 is 5.73 Å². The van der Waals surface area contributed by atoms with Crippen LogP contribution in [0, 0.1) is 5.92 Å². The average Bonchev–Trinajstić information content (AvgIpc) is 3.21. The molecular formula is C15H24FN3. The third-order valence-corrected chi connectivity index (χ3v) is 4.74. The van der Waals surface area contributed by atoms with Crippen molar-refractivity contribution in [1.29, 1.82) is 0 Å². The Hall–Kier alpha value is -0.900. The first-order valence-electron chi connectivity index (χ1n) is 7.64. The molecule has 2 saturated carbocycles. The van der Waals surface area contributed by atoms with Gasteiger partial charge in [0.15, 0.2) is 0 Å². The van der Waals surface area contributed by atoms with Crippen LogP contribution in [0.3, 0.4) is 0 Å². The second-order valence-corrected chi connectivity index (χ2v) is 6.27. The summed E-state index contributed by atoms with van der Waals surface area (Å²) in [5, 5.41) is 4.60. The molecule has 19 heavy (non-hydrogen) atoms. The van der Waals surface area contributed by atoms with E-state index in [-0.39, 0.29) is 12.5 Å². The molecule has 1 heterocycles. The van der Waals surface area contributed by atoms with E-state index in [1.807, 2.05) is 12.3 Å². The Morgan fingerprint density at radius 3 is 2.63 bits per heavy atom. The Bertz CT molecular complexity index is 421. The highest BCUT2D eigenvalue weighted by Gasteiger charge is 2.45. The minimum absolute atomic E-state index is 0.119. The maximum atomic E-state index is 14.7. The SMILES string of the molecule is NCC(F)(Cc1ccn(C2CCCCC2)n1)C1CC1. The fourth-order valence-electron chi connectivity index (χ4n) is 3.31. The summed E-state index contributed by atoms with van der Waals surface area (Å²) in [6.07, 6.45) is 10.7. The van der Waals surface area contributed by atoms with E-state index in [9.17, 15) is 4.39 Å². The monoisotopic (exact) mass is 265 g/mol. The summed E-state index contributed by atoms with van der Waals surface area (Å²) in [5.41, 5.74) is 5.27. The van der Waals surface area contributed by atoms with Gasteiger partial charge in [0, 0.05) is 19.2 Å². The van der Waals surface area contributed by atoms with Crippen molar-refractivity contribution >= 4 is 0 Å². The maximum absolute atomic E-state index is 14.7. The van der Waals surface area contributed by atoms with E-state index < -0.39 is 5.67 Å². The fourth-order valence-corrected chi connectivity index (χ4v) is 3.31. The number of hydrogen-bond acceptors (Lipinski definition) is 2. The molecule has 0 aliphatic heterocycles. The minimum Gasteiger partial charge on any atom is -0.328 e. The summed E-state index contributed by atoms with van der Waals surface area (Å²) in [6, 6.07) is 2.50. The fraction of sp³-hybridized carbons (Fsp3) is 0.800. The van der Waals surface area contributed by atoms with Gasteiger partial charge in [0.1, 0.15) is 5.67 Å². The summed E-state index contributed by atoms with van der Waals surface area (Å²) < 4.78 is 16.7. The summed E-state index contributed by atoms with van der Waals surface area (Å²) in [4.78, 5) is 0. The number of alkyl halides is 1. The molecule has 2 aliphatic carbocycles. The highest BCUT2D eigenvalue weighted by atomic mass is 19.1. The molecule has 1 aromatic heterocycles. The van der Waals surface area contributed by atoms with Crippen LogP contribution in [0.1, 0.15) is 56.7 Å². The van der Waals surface area contributed by atoms with Crippen molar-refractivity contribution in [2.75, 3.05) is 6.54 Å². The smallest absolute Gasteiger partial charge is 0.131 e. The van der Waals surface area contributed by atoms with Crippen LogP contribution < -0.4 is 5.73 Å². The van der Waals surface area contributed by atoms with E-state index in [4.69, 9.17) is 5.73 Å². The molecule has 3 rings (SSSR count). The lowest BCUT2D eigenvalue weighted by atomic mass is 9.94. The largest absolute Gasteiger partial charge is 0.328 e. The molecule has 3 nitrogen and oxygen atoms in total. The van der Waals surface area contributed by atoms with Crippen LogP contribution in [0.25, 0.3) is 0 Å². The van der Waals surface area contributed by atoms with Gasteiger partial charge in [-0.2, -0.15) is 5.10 Å². The molecule has 4 heteroatoms. The molecule has 0 spiro atoms. The molecule has 2 N–H and O–H groups in total. The lowest BCUT2D eigenvalue weighted by Gasteiger charge is -2.23. The van der Waals surface area contributed by atoms with E-state index in [2.05, 4.69) is 9.78 Å². The molecule has 106 valence electrons. The lowest BCUT2D eigenvalue weighted by molar-refractivity contribution is 0.140. The van der Waals surface area contributed by atoms with Crippen molar-refractivity contribution in [2.24, 2.45) is 11.7 Å². The van der Waals surface area contributed by atoms with E-state index in [1.54, 1.807) is 0 Å². The number of halogens is 1. The number of nitrogens with zero attached hydrogens (tertiary/aromatic N) is 2. The van der Waals surface area contributed by atoms with Crippen molar-refractivity contribution in [3.8, 4) is 0 Å². The number of hydrogen-bond donors (Lipinski definition) is 1. The first kappa shape index (κ1) is 13.1. The predicted octanol–water partition coefficient (Wildman–Crippen LogP) is 3.01. The van der Waals surface area contributed by atoms with Gasteiger partial charge in [0.25, 0.3) is 0 Å². The zero-order chi connectivity index (χ0) is 13.3. The van der Waals surface area contributed by atoms with Crippen LogP contribution in [0.2, 0.25) is 0 Å². The normalized spacial score (nSPS) is 24.3. The molecule has 0 radical (unpaired) electrons. The van der Waals surface area contributed by atoms with Crippen LogP contribution in [0.5, 0.6) is 0 Å². The Balaban J connectivity index is 1.67. The topological polar surface area (TPSA) is 43.8 Å². The van der Waals surface area contributed by atoms with Crippen LogP contribution in [-0.2, 0) is 6.42 Å². The van der Waals surface area contributed by atoms with E-state index in [0.717, 1.165) is 18.5 Å². The Kier molecular flexibility index (Phi) is 3.61. The summed E-state index contributed by atoms with van der Waals surface area (Å²) in [7, 11) is 0. The maximum Gasteiger partial charge on any atom is 0.131 e. The van der Waals surface area contributed by atoms with Crippen molar-refractivity contribution in [1.82, 2.24) is 9.78 Å². The molecule has 1 unspecified atom stereocenters. The number of nitrogens with two attached hydrogens (primary N) is 1. The van der Waals surface area contributed by atoms with E-state index in [0.29, 0.717) is 12.5 Å². The molecule has 0 saturated heterocycles. The van der Waals surface area contributed by atoms with Gasteiger partial charge in [-0.05, 0) is 37.7 Å². The van der Waals surface area contributed by atoms with Gasteiger partial charge >= 0.3 is 0 Å². The van der Waals surface area contributed by atoms with Gasteiger partial charge in [0.05, 0.1) is 11.7 Å². The predicted molar refractivity (Wildman–Crippen MR) is 73.7 cm³/mol. The first-order valence-corrected chi connectivity index (χ1v) is 7.64. The first-order chi connectivity index (χ1) is 9.21. The van der Waals surface area contributed by atoms with Crippen LogP contribution in [-0.4, -0.2) is 22.0 Å².